The number of hydrogen-bond donors (Lipinski definition) is 1. The van der Waals surface area contributed by atoms with Crippen molar-refractivity contribution in [3.05, 3.63) is 66.9 Å². The van der Waals surface area contributed by atoms with E-state index in [-0.39, 0.29) is 6.03 Å². The molecular weight excluding hydrogens is 302 g/mol. The van der Waals surface area contributed by atoms with Crippen LogP contribution in [0, 0.1) is 0 Å². The monoisotopic (exact) mass is 321 g/mol. The molecule has 0 saturated carbocycles. The molecule has 5 heteroatoms. The lowest BCUT2D eigenvalue weighted by Crippen LogP contribution is -2.39. The standard InChI is InChI=1S/C19H19N3O2/c1-22(16-7-3-2-4-8-16)19(23)21-12-13-24-17-9-10-18-15(14-17)6-5-11-20-18/h2-11,14H,12-13H2,1H3,(H,21,23). The number of aromatic nitrogens is 1. The molecule has 0 fully saturated rings. The first-order chi connectivity index (χ1) is 11.7. The van der Waals surface area contributed by atoms with Gasteiger partial charge in [0.25, 0.3) is 0 Å². The highest BCUT2D eigenvalue weighted by Crippen LogP contribution is 2.18. The van der Waals surface area contributed by atoms with Crippen LogP contribution in [0.15, 0.2) is 66.9 Å². The van der Waals surface area contributed by atoms with Gasteiger partial charge < -0.3 is 10.1 Å². The second kappa shape index (κ2) is 7.46. The Balaban J connectivity index is 1.48. The van der Waals surface area contributed by atoms with Crippen LogP contribution in [0.2, 0.25) is 0 Å². The van der Waals surface area contributed by atoms with Crippen LogP contribution in [0.1, 0.15) is 0 Å². The maximum absolute atomic E-state index is 12.1. The van der Waals surface area contributed by atoms with E-state index in [4.69, 9.17) is 4.74 Å². The predicted molar refractivity (Wildman–Crippen MR) is 95.5 cm³/mol. The molecule has 2 amide bonds. The zero-order chi connectivity index (χ0) is 16.8. The molecule has 0 bridgehead atoms. The molecule has 0 aliphatic carbocycles. The van der Waals surface area contributed by atoms with Gasteiger partial charge in [0.15, 0.2) is 0 Å². The summed E-state index contributed by atoms with van der Waals surface area (Å²) in [5.74, 6) is 0.765. The molecule has 0 aliphatic heterocycles. The second-order valence-corrected chi connectivity index (χ2v) is 5.33. The van der Waals surface area contributed by atoms with Crippen LogP contribution in [0.4, 0.5) is 10.5 Å². The van der Waals surface area contributed by atoms with Crippen molar-refractivity contribution in [3.63, 3.8) is 0 Å². The summed E-state index contributed by atoms with van der Waals surface area (Å²) >= 11 is 0. The van der Waals surface area contributed by atoms with Crippen LogP contribution in [0.3, 0.4) is 0 Å². The Hall–Kier alpha value is -3.08. The molecule has 0 spiro atoms. The van der Waals surface area contributed by atoms with E-state index in [0.29, 0.717) is 13.2 Å². The highest BCUT2D eigenvalue weighted by molar-refractivity contribution is 5.91. The minimum Gasteiger partial charge on any atom is -0.492 e. The van der Waals surface area contributed by atoms with Gasteiger partial charge in [-0.05, 0) is 36.4 Å². The first kappa shape index (κ1) is 15.8. The zero-order valence-corrected chi connectivity index (χ0v) is 13.5. The van der Waals surface area contributed by atoms with Gasteiger partial charge >= 0.3 is 6.03 Å². The number of nitrogens with zero attached hydrogens (tertiary/aromatic N) is 2. The van der Waals surface area contributed by atoms with Gasteiger partial charge in [-0.2, -0.15) is 0 Å². The van der Waals surface area contributed by atoms with Gasteiger partial charge in [-0.25, -0.2) is 4.79 Å². The Labute approximate surface area is 140 Å². The second-order valence-electron chi connectivity index (χ2n) is 5.33. The number of carbonyl (C=O) groups excluding carboxylic acids is 1. The zero-order valence-electron chi connectivity index (χ0n) is 13.5. The van der Waals surface area contributed by atoms with Crippen molar-refractivity contribution in [2.24, 2.45) is 0 Å². The quantitative estimate of drug-likeness (QED) is 0.732. The number of carbonyl (C=O) groups is 1. The number of para-hydroxylation sites is 1. The molecule has 0 aliphatic rings. The number of amides is 2. The summed E-state index contributed by atoms with van der Waals surface area (Å²) in [5, 5.41) is 3.87. The van der Waals surface area contributed by atoms with E-state index in [1.165, 1.54) is 0 Å². The van der Waals surface area contributed by atoms with Gasteiger partial charge in [0.05, 0.1) is 12.1 Å². The average Bonchev–Trinajstić information content (AvgIpc) is 2.65. The molecule has 3 aromatic rings. The number of hydrogen-bond acceptors (Lipinski definition) is 3. The van der Waals surface area contributed by atoms with Crippen LogP contribution < -0.4 is 15.0 Å². The lowest BCUT2D eigenvalue weighted by atomic mass is 10.2. The van der Waals surface area contributed by atoms with Gasteiger partial charge in [-0.3, -0.25) is 9.88 Å². The lowest BCUT2D eigenvalue weighted by molar-refractivity contribution is 0.243. The van der Waals surface area contributed by atoms with E-state index < -0.39 is 0 Å². The SMILES string of the molecule is CN(C(=O)NCCOc1ccc2ncccc2c1)c1ccccc1. The number of urea groups is 1. The van der Waals surface area contributed by atoms with Crippen molar-refractivity contribution in [3.8, 4) is 5.75 Å². The molecule has 0 radical (unpaired) electrons. The first-order valence-electron chi connectivity index (χ1n) is 7.78. The van der Waals surface area contributed by atoms with Gasteiger partial charge in [-0.15, -0.1) is 0 Å². The predicted octanol–water partition coefficient (Wildman–Crippen LogP) is 3.46. The van der Waals surface area contributed by atoms with E-state index >= 15 is 0 Å². The maximum atomic E-state index is 12.1. The highest BCUT2D eigenvalue weighted by Gasteiger charge is 2.09. The smallest absolute Gasteiger partial charge is 0.321 e. The molecule has 24 heavy (non-hydrogen) atoms. The van der Waals surface area contributed by atoms with E-state index in [2.05, 4.69) is 10.3 Å². The van der Waals surface area contributed by atoms with Crippen molar-refractivity contribution < 1.29 is 9.53 Å². The third kappa shape index (κ3) is 3.81. The Morgan fingerprint density at radius 2 is 1.96 bits per heavy atom. The van der Waals surface area contributed by atoms with Gasteiger partial charge in [0, 0.05) is 24.3 Å². The molecule has 1 N–H and O–H groups in total. The van der Waals surface area contributed by atoms with Crippen molar-refractivity contribution in [2.45, 2.75) is 0 Å². The third-order valence-electron chi connectivity index (χ3n) is 3.67. The largest absolute Gasteiger partial charge is 0.492 e. The van der Waals surface area contributed by atoms with E-state index in [1.807, 2.05) is 60.7 Å². The van der Waals surface area contributed by atoms with Crippen LogP contribution >= 0.6 is 0 Å². The molecular formula is C19H19N3O2. The topological polar surface area (TPSA) is 54.5 Å². The fourth-order valence-electron chi connectivity index (χ4n) is 2.36. The minimum absolute atomic E-state index is 0.160. The lowest BCUT2D eigenvalue weighted by Gasteiger charge is -2.18. The molecule has 0 unspecified atom stereocenters. The van der Waals surface area contributed by atoms with Crippen LogP contribution in [-0.2, 0) is 0 Å². The van der Waals surface area contributed by atoms with Crippen molar-refractivity contribution in [2.75, 3.05) is 25.1 Å². The molecule has 0 saturated heterocycles. The first-order valence-corrected chi connectivity index (χ1v) is 7.78. The van der Waals surface area contributed by atoms with E-state index in [0.717, 1.165) is 22.3 Å². The molecule has 1 heterocycles. The van der Waals surface area contributed by atoms with Crippen LogP contribution in [0.25, 0.3) is 10.9 Å². The summed E-state index contributed by atoms with van der Waals surface area (Å²) in [5.41, 5.74) is 1.78. The number of ether oxygens (including phenoxy) is 1. The van der Waals surface area contributed by atoms with Crippen LogP contribution in [-0.4, -0.2) is 31.2 Å². The Morgan fingerprint density at radius 3 is 2.79 bits per heavy atom. The summed E-state index contributed by atoms with van der Waals surface area (Å²) in [6.07, 6.45) is 1.77. The van der Waals surface area contributed by atoms with Gasteiger partial charge in [-0.1, -0.05) is 24.3 Å². The number of benzene rings is 2. The van der Waals surface area contributed by atoms with Gasteiger partial charge in [0.1, 0.15) is 12.4 Å². The number of fused-ring (bicyclic) bond motifs is 1. The van der Waals surface area contributed by atoms with E-state index in [1.54, 1.807) is 18.1 Å². The summed E-state index contributed by atoms with van der Waals surface area (Å²) in [6.45, 7) is 0.835. The average molecular weight is 321 g/mol. The fourth-order valence-corrected chi connectivity index (χ4v) is 2.36. The Bertz CT molecular complexity index is 821. The summed E-state index contributed by atoms with van der Waals surface area (Å²) < 4.78 is 5.69. The number of rotatable bonds is 5. The summed E-state index contributed by atoms with van der Waals surface area (Å²) in [6, 6.07) is 19.0. The fraction of sp³-hybridized carbons (Fsp3) is 0.158. The van der Waals surface area contributed by atoms with E-state index in [9.17, 15) is 4.79 Å². The van der Waals surface area contributed by atoms with Crippen molar-refractivity contribution in [1.82, 2.24) is 10.3 Å². The van der Waals surface area contributed by atoms with Crippen molar-refractivity contribution in [1.29, 1.82) is 0 Å². The summed E-state index contributed by atoms with van der Waals surface area (Å²) in [7, 11) is 1.74. The molecule has 3 rings (SSSR count). The normalized spacial score (nSPS) is 10.4. The highest BCUT2D eigenvalue weighted by atomic mass is 16.5. The molecule has 122 valence electrons. The molecule has 2 aromatic carbocycles. The third-order valence-corrected chi connectivity index (χ3v) is 3.67. The number of nitrogens with one attached hydrogen (secondary N) is 1. The summed E-state index contributed by atoms with van der Waals surface area (Å²) in [4.78, 5) is 17.9. The minimum atomic E-state index is -0.160. The van der Waals surface area contributed by atoms with Gasteiger partial charge in [0.2, 0.25) is 0 Å². The Kier molecular flexibility index (Phi) is 4.91. The maximum Gasteiger partial charge on any atom is 0.321 e. The Morgan fingerprint density at radius 1 is 1.12 bits per heavy atom. The molecule has 0 atom stereocenters. The van der Waals surface area contributed by atoms with Crippen LogP contribution in [0.5, 0.6) is 5.75 Å². The van der Waals surface area contributed by atoms with Crippen molar-refractivity contribution >= 4 is 22.6 Å². The number of anilines is 1. The molecule has 5 nitrogen and oxygen atoms in total. The molecule has 1 aromatic heterocycles. The number of pyridine rings is 1.